The van der Waals surface area contributed by atoms with E-state index in [0.717, 1.165) is 23.4 Å². The lowest BCUT2D eigenvalue weighted by Gasteiger charge is -2.12. The zero-order chi connectivity index (χ0) is 11.3. The fourth-order valence-corrected chi connectivity index (χ4v) is 1.46. The second kappa shape index (κ2) is 5.47. The van der Waals surface area contributed by atoms with Crippen molar-refractivity contribution in [2.75, 3.05) is 0 Å². The van der Waals surface area contributed by atoms with Crippen LogP contribution in [0.3, 0.4) is 0 Å². The number of terminal acetylenes is 1. The summed E-state index contributed by atoms with van der Waals surface area (Å²) < 4.78 is 0. The van der Waals surface area contributed by atoms with E-state index in [1.807, 2.05) is 19.9 Å². The zero-order valence-corrected chi connectivity index (χ0v) is 9.20. The van der Waals surface area contributed by atoms with Gasteiger partial charge < -0.3 is 5.11 Å². The van der Waals surface area contributed by atoms with Crippen LogP contribution in [0, 0.1) is 26.2 Å². The molecular formula is C12H16N2O. The summed E-state index contributed by atoms with van der Waals surface area (Å²) >= 11 is 0. The van der Waals surface area contributed by atoms with Gasteiger partial charge in [0.15, 0.2) is 0 Å². The van der Waals surface area contributed by atoms with Gasteiger partial charge in [0.25, 0.3) is 0 Å². The van der Waals surface area contributed by atoms with E-state index in [1.54, 1.807) is 0 Å². The normalized spacial score (nSPS) is 12.1. The van der Waals surface area contributed by atoms with E-state index in [0.29, 0.717) is 12.8 Å². The van der Waals surface area contributed by atoms with Crippen molar-refractivity contribution in [2.45, 2.75) is 39.2 Å². The molecule has 3 nitrogen and oxygen atoms in total. The van der Waals surface area contributed by atoms with Crippen molar-refractivity contribution in [3.8, 4) is 12.3 Å². The molecule has 1 aromatic heterocycles. The molecule has 1 heterocycles. The highest BCUT2D eigenvalue weighted by molar-refractivity contribution is 5.22. The van der Waals surface area contributed by atoms with Gasteiger partial charge in [0.05, 0.1) is 17.5 Å². The molecule has 3 heteroatoms. The van der Waals surface area contributed by atoms with E-state index in [1.165, 1.54) is 0 Å². The Hall–Kier alpha value is -1.40. The van der Waals surface area contributed by atoms with E-state index in [9.17, 15) is 5.11 Å². The Labute approximate surface area is 90.6 Å². The van der Waals surface area contributed by atoms with Crippen molar-refractivity contribution in [1.82, 2.24) is 10.2 Å². The average Bonchev–Trinajstić information content (AvgIpc) is 2.22. The van der Waals surface area contributed by atoms with Gasteiger partial charge >= 0.3 is 0 Å². The number of aliphatic hydroxyl groups excluding tert-OH is 1. The Kier molecular flexibility index (Phi) is 4.26. The molecule has 1 N–H and O–H groups in total. The van der Waals surface area contributed by atoms with E-state index < -0.39 is 6.10 Å². The number of aryl methyl sites for hydroxylation is 2. The van der Waals surface area contributed by atoms with Crippen LogP contribution in [0.1, 0.15) is 42.3 Å². The minimum absolute atomic E-state index is 0.479. The van der Waals surface area contributed by atoms with Crippen LogP contribution in [0.4, 0.5) is 0 Å². The molecular weight excluding hydrogens is 188 g/mol. The number of nitrogens with zero attached hydrogens (tertiary/aromatic N) is 2. The van der Waals surface area contributed by atoms with Gasteiger partial charge in [-0.2, -0.15) is 10.2 Å². The fraction of sp³-hybridized carbons (Fsp3) is 0.500. The highest BCUT2D eigenvalue weighted by Gasteiger charge is 2.11. The van der Waals surface area contributed by atoms with Crippen LogP contribution in [-0.2, 0) is 0 Å². The average molecular weight is 204 g/mol. The summed E-state index contributed by atoms with van der Waals surface area (Å²) in [5.74, 6) is 2.56. The Balaban J connectivity index is 2.69. The molecule has 1 atom stereocenters. The van der Waals surface area contributed by atoms with Crippen LogP contribution in [0.25, 0.3) is 0 Å². The van der Waals surface area contributed by atoms with E-state index in [4.69, 9.17) is 6.42 Å². The van der Waals surface area contributed by atoms with Crippen molar-refractivity contribution in [2.24, 2.45) is 0 Å². The maximum Gasteiger partial charge on any atom is 0.0809 e. The Morgan fingerprint density at radius 3 is 2.87 bits per heavy atom. The number of aromatic nitrogens is 2. The molecule has 0 aliphatic carbocycles. The molecule has 15 heavy (non-hydrogen) atoms. The molecule has 0 fully saturated rings. The van der Waals surface area contributed by atoms with Crippen LogP contribution in [0.5, 0.6) is 0 Å². The van der Waals surface area contributed by atoms with E-state index in [-0.39, 0.29) is 0 Å². The smallest absolute Gasteiger partial charge is 0.0809 e. The monoisotopic (exact) mass is 204 g/mol. The maximum absolute atomic E-state index is 9.92. The lowest BCUT2D eigenvalue weighted by atomic mass is 10.0. The molecule has 1 unspecified atom stereocenters. The minimum Gasteiger partial charge on any atom is -0.388 e. The summed E-state index contributed by atoms with van der Waals surface area (Å²) in [6.45, 7) is 3.72. The van der Waals surface area contributed by atoms with E-state index >= 15 is 0 Å². The van der Waals surface area contributed by atoms with Crippen LogP contribution in [-0.4, -0.2) is 15.3 Å². The molecule has 0 aromatic carbocycles. The SMILES string of the molecule is C#CCCCC(O)c1cc(C)nnc1C. The molecule has 0 saturated heterocycles. The second-order valence-electron chi connectivity index (χ2n) is 3.64. The third-order valence-corrected chi connectivity index (χ3v) is 2.30. The summed E-state index contributed by atoms with van der Waals surface area (Å²) in [6.07, 6.45) is 6.88. The van der Waals surface area contributed by atoms with Gasteiger partial charge in [0, 0.05) is 12.0 Å². The van der Waals surface area contributed by atoms with Crippen molar-refractivity contribution in [1.29, 1.82) is 0 Å². The first-order valence-electron chi connectivity index (χ1n) is 5.07. The number of aliphatic hydroxyl groups is 1. The summed E-state index contributed by atoms with van der Waals surface area (Å²) in [4.78, 5) is 0. The Morgan fingerprint density at radius 1 is 1.47 bits per heavy atom. The molecule has 80 valence electrons. The first-order valence-corrected chi connectivity index (χ1v) is 5.07. The summed E-state index contributed by atoms with van der Waals surface area (Å²) in [5, 5.41) is 17.8. The van der Waals surface area contributed by atoms with Crippen LogP contribution < -0.4 is 0 Å². The van der Waals surface area contributed by atoms with Gasteiger partial charge in [-0.3, -0.25) is 0 Å². The van der Waals surface area contributed by atoms with Crippen molar-refractivity contribution in [3.63, 3.8) is 0 Å². The van der Waals surface area contributed by atoms with E-state index in [2.05, 4.69) is 16.1 Å². The maximum atomic E-state index is 9.92. The Bertz CT molecular complexity index is 368. The predicted octanol–water partition coefficient (Wildman–Crippen LogP) is 1.93. The molecule has 1 aromatic rings. The van der Waals surface area contributed by atoms with Crippen LogP contribution in [0.15, 0.2) is 6.07 Å². The number of unbranched alkanes of at least 4 members (excludes halogenated alkanes) is 1. The van der Waals surface area contributed by atoms with Crippen molar-refractivity contribution in [3.05, 3.63) is 23.0 Å². The molecule has 0 aliphatic rings. The van der Waals surface area contributed by atoms with Gasteiger partial charge in [0.1, 0.15) is 0 Å². The lowest BCUT2D eigenvalue weighted by molar-refractivity contribution is 0.163. The van der Waals surface area contributed by atoms with Gasteiger partial charge in [-0.1, -0.05) is 0 Å². The van der Waals surface area contributed by atoms with Gasteiger partial charge in [0.2, 0.25) is 0 Å². The van der Waals surface area contributed by atoms with Gasteiger partial charge in [-0.05, 0) is 32.8 Å². The molecule has 1 rings (SSSR count). The predicted molar refractivity (Wildman–Crippen MR) is 59.1 cm³/mol. The fourth-order valence-electron chi connectivity index (χ4n) is 1.46. The molecule has 0 saturated carbocycles. The summed E-state index contributed by atoms with van der Waals surface area (Å²) in [5.41, 5.74) is 2.47. The number of hydrogen-bond donors (Lipinski definition) is 1. The molecule has 0 bridgehead atoms. The minimum atomic E-state index is -0.479. The topological polar surface area (TPSA) is 46.0 Å². The van der Waals surface area contributed by atoms with Crippen molar-refractivity contribution >= 4 is 0 Å². The summed E-state index contributed by atoms with van der Waals surface area (Å²) in [7, 11) is 0. The standard InChI is InChI=1S/C12H16N2O/c1-4-5-6-7-12(15)11-8-9(2)13-14-10(11)3/h1,8,12,15H,5-7H2,2-3H3. The highest BCUT2D eigenvalue weighted by Crippen LogP contribution is 2.21. The summed E-state index contributed by atoms with van der Waals surface area (Å²) in [6, 6.07) is 1.88. The number of rotatable bonds is 4. The zero-order valence-electron chi connectivity index (χ0n) is 9.20. The largest absolute Gasteiger partial charge is 0.388 e. The Morgan fingerprint density at radius 2 is 2.20 bits per heavy atom. The third-order valence-electron chi connectivity index (χ3n) is 2.30. The first-order chi connectivity index (χ1) is 7.15. The second-order valence-corrected chi connectivity index (χ2v) is 3.64. The number of hydrogen-bond acceptors (Lipinski definition) is 3. The first kappa shape index (κ1) is 11.7. The lowest BCUT2D eigenvalue weighted by Crippen LogP contribution is -2.04. The quantitative estimate of drug-likeness (QED) is 0.602. The molecule has 0 aliphatic heterocycles. The molecule has 0 radical (unpaired) electrons. The highest BCUT2D eigenvalue weighted by atomic mass is 16.3. The molecule has 0 spiro atoms. The van der Waals surface area contributed by atoms with Gasteiger partial charge in [-0.15, -0.1) is 12.3 Å². The third kappa shape index (κ3) is 3.34. The van der Waals surface area contributed by atoms with Crippen molar-refractivity contribution < 1.29 is 5.11 Å². The molecule has 0 amide bonds. The van der Waals surface area contributed by atoms with Crippen LogP contribution >= 0.6 is 0 Å². The van der Waals surface area contributed by atoms with Gasteiger partial charge in [-0.25, -0.2) is 0 Å². The van der Waals surface area contributed by atoms with Crippen LogP contribution in [0.2, 0.25) is 0 Å².